The molecule has 0 saturated heterocycles. The van der Waals surface area contributed by atoms with E-state index < -0.39 is 10.7 Å². The average Bonchev–Trinajstić information content (AvgIpc) is 2.73. The van der Waals surface area contributed by atoms with Crippen molar-refractivity contribution in [2.24, 2.45) is 4.99 Å². The van der Waals surface area contributed by atoms with Gasteiger partial charge in [-0.05, 0) is 47.2 Å². The molecule has 0 unspecified atom stereocenters. The number of nitro groups is 1. The molecule has 0 spiro atoms. The van der Waals surface area contributed by atoms with Gasteiger partial charge in [0.15, 0.2) is 0 Å². The number of nitrogens with zero attached hydrogens (tertiary/aromatic N) is 5. The van der Waals surface area contributed by atoms with E-state index in [1.807, 2.05) is 13.0 Å². The molecule has 24 heavy (non-hydrogen) atoms. The molecule has 1 aromatic carbocycles. The van der Waals surface area contributed by atoms with E-state index in [0.717, 1.165) is 48.9 Å². The van der Waals surface area contributed by atoms with Crippen molar-refractivity contribution in [3.05, 3.63) is 45.4 Å². The Morgan fingerprint density at radius 2 is 2.00 bits per heavy atom. The molecule has 1 aliphatic carbocycles. The monoisotopic (exact) mass is 331 g/mol. The first-order valence-corrected chi connectivity index (χ1v) is 8.23. The van der Waals surface area contributed by atoms with Crippen LogP contribution in [0.3, 0.4) is 0 Å². The van der Waals surface area contributed by atoms with Crippen LogP contribution < -0.4 is 5.49 Å². The van der Waals surface area contributed by atoms with Gasteiger partial charge in [0.1, 0.15) is 5.69 Å². The molecule has 0 aliphatic heterocycles. The fourth-order valence-electron chi connectivity index (χ4n) is 3.06. The molecule has 3 rings (SSSR count). The van der Waals surface area contributed by atoms with Gasteiger partial charge in [-0.15, -0.1) is 0 Å². The molecule has 1 fully saturated rings. The summed E-state index contributed by atoms with van der Waals surface area (Å²) in [5, 5.41) is 25.7. The summed E-state index contributed by atoms with van der Waals surface area (Å²) in [5.41, 5.74) is 1.42. The van der Waals surface area contributed by atoms with Crippen molar-refractivity contribution in [1.82, 2.24) is 14.7 Å². The molecule has 1 aromatic heterocycles. The Bertz CT molecular complexity index is 800. The predicted octanol–water partition coefficient (Wildman–Crippen LogP) is 2.75. The van der Waals surface area contributed by atoms with Gasteiger partial charge in [-0.1, -0.05) is 42.7 Å². The predicted molar refractivity (Wildman–Crippen MR) is 87.2 cm³/mol. The van der Waals surface area contributed by atoms with Gasteiger partial charge in [0.25, 0.3) is 5.49 Å². The van der Waals surface area contributed by atoms with E-state index in [1.54, 1.807) is 18.2 Å². The zero-order valence-corrected chi connectivity index (χ0v) is 13.6. The average molecular weight is 331 g/mol. The van der Waals surface area contributed by atoms with Crippen LogP contribution in [0.1, 0.15) is 44.1 Å². The van der Waals surface area contributed by atoms with Gasteiger partial charge in [0.2, 0.25) is 0 Å². The highest BCUT2D eigenvalue weighted by molar-refractivity contribution is 5.34. The van der Waals surface area contributed by atoms with Crippen LogP contribution in [-0.2, 0) is 0 Å². The fraction of sp³-hybridized carbons (Fsp3) is 0.500. The number of aromatic nitrogens is 3. The number of hydrogen-bond acceptors (Lipinski definition) is 5. The van der Waals surface area contributed by atoms with Crippen molar-refractivity contribution < 1.29 is 10.1 Å². The lowest BCUT2D eigenvalue weighted by Crippen LogP contribution is -2.24. The Kier molecular flexibility index (Phi) is 4.64. The fourth-order valence-corrected chi connectivity index (χ4v) is 3.06. The molecule has 128 valence electrons. The molecule has 1 N–H and O–H groups in total. The molecule has 2 aromatic rings. The van der Waals surface area contributed by atoms with Gasteiger partial charge >= 0.3 is 5.82 Å². The molecular weight excluding hydrogens is 310 g/mol. The smallest absolute Gasteiger partial charge is 0.409 e. The molecule has 0 atom stereocenters. The summed E-state index contributed by atoms with van der Waals surface area (Å²) in [6.07, 6.45) is 6.20. The molecule has 0 radical (unpaired) electrons. The van der Waals surface area contributed by atoms with Crippen LogP contribution >= 0.6 is 0 Å². The largest absolute Gasteiger partial charge is 0.438 e. The van der Waals surface area contributed by atoms with Crippen LogP contribution in [0.15, 0.2) is 29.3 Å². The first kappa shape index (κ1) is 16.2. The van der Waals surface area contributed by atoms with Gasteiger partial charge in [-0.3, -0.25) is 4.99 Å². The summed E-state index contributed by atoms with van der Waals surface area (Å²) in [6, 6.07) is 7.21. The normalized spacial score (nSPS) is 17.0. The summed E-state index contributed by atoms with van der Waals surface area (Å²) in [4.78, 5) is 17.0. The minimum absolute atomic E-state index is 0.0141. The van der Waals surface area contributed by atoms with E-state index in [-0.39, 0.29) is 11.5 Å². The highest BCUT2D eigenvalue weighted by Gasteiger charge is 2.25. The van der Waals surface area contributed by atoms with Crippen molar-refractivity contribution >= 4 is 5.82 Å². The van der Waals surface area contributed by atoms with Crippen LogP contribution in [0.2, 0.25) is 0 Å². The summed E-state index contributed by atoms with van der Waals surface area (Å²) in [5.74, 6) is -0.428. The van der Waals surface area contributed by atoms with Gasteiger partial charge in [0.05, 0.1) is 11.1 Å². The van der Waals surface area contributed by atoms with E-state index in [1.165, 1.54) is 0 Å². The Balaban J connectivity index is 2.09. The van der Waals surface area contributed by atoms with Crippen LogP contribution in [0.5, 0.6) is 0 Å². The summed E-state index contributed by atoms with van der Waals surface area (Å²) in [7, 11) is 0. The molecule has 1 aliphatic rings. The SMILES string of the molecule is Cc1cccc(-n2nc([N+](=O)[O-])c(=NC3CCCCCC3)n2O)c1. The number of hydrogen-bond donors (Lipinski definition) is 1. The molecule has 8 nitrogen and oxygen atoms in total. The Morgan fingerprint density at radius 3 is 2.62 bits per heavy atom. The third-order valence-corrected chi connectivity index (χ3v) is 4.29. The number of benzene rings is 1. The lowest BCUT2D eigenvalue weighted by molar-refractivity contribution is -0.391. The maximum atomic E-state index is 11.3. The molecule has 0 bridgehead atoms. The minimum Gasteiger partial charge on any atom is -0.409 e. The topological polar surface area (TPSA) is 98.5 Å². The standard InChI is InChI=1S/C16H21N5O3/c1-12-7-6-10-14(11-12)19-18-16(21(23)24)15(20(19)22)17-13-8-4-2-3-5-9-13/h6-7,10-11,13,22H,2-5,8-9H2,1H3. The van der Waals surface area contributed by atoms with Crippen LogP contribution in [-0.4, -0.2) is 30.9 Å². The lowest BCUT2D eigenvalue weighted by Gasteiger charge is -2.06. The quantitative estimate of drug-likeness (QED) is 0.404. The first-order chi connectivity index (χ1) is 11.6. The molecule has 8 heteroatoms. The Hall–Kier alpha value is -2.64. The highest BCUT2D eigenvalue weighted by atomic mass is 16.6. The molecular formula is C16H21N5O3. The second kappa shape index (κ2) is 6.86. The second-order valence-corrected chi connectivity index (χ2v) is 6.20. The van der Waals surface area contributed by atoms with Crippen molar-refractivity contribution in [2.45, 2.75) is 51.5 Å². The van der Waals surface area contributed by atoms with E-state index in [2.05, 4.69) is 10.1 Å². The van der Waals surface area contributed by atoms with Crippen molar-refractivity contribution in [2.75, 3.05) is 0 Å². The summed E-state index contributed by atoms with van der Waals surface area (Å²) >= 11 is 0. The second-order valence-electron chi connectivity index (χ2n) is 6.20. The molecule has 1 heterocycles. The van der Waals surface area contributed by atoms with Crippen LogP contribution in [0, 0.1) is 17.0 Å². The summed E-state index contributed by atoms with van der Waals surface area (Å²) < 4.78 is 0. The zero-order valence-electron chi connectivity index (χ0n) is 13.6. The van der Waals surface area contributed by atoms with Crippen LogP contribution in [0.4, 0.5) is 5.82 Å². The van der Waals surface area contributed by atoms with E-state index >= 15 is 0 Å². The Labute approximate surface area is 139 Å². The van der Waals surface area contributed by atoms with Crippen LogP contribution in [0.25, 0.3) is 5.69 Å². The van der Waals surface area contributed by atoms with Gasteiger partial charge in [-0.2, -0.15) is 0 Å². The van der Waals surface area contributed by atoms with Crippen molar-refractivity contribution in [3.8, 4) is 5.69 Å². The lowest BCUT2D eigenvalue weighted by atomic mass is 10.1. The van der Waals surface area contributed by atoms with E-state index in [9.17, 15) is 15.3 Å². The maximum absolute atomic E-state index is 11.3. The third kappa shape index (κ3) is 3.32. The van der Waals surface area contributed by atoms with Crippen molar-refractivity contribution in [1.29, 1.82) is 0 Å². The zero-order chi connectivity index (χ0) is 17.1. The first-order valence-electron chi connectivity index (χ1n) is 8.23. The van der Waals surface area contributed by atoms with E-state index in [4.69, 9.17) is 0 Å². The maximum Gasteiger partial charge on any atom is 0.438 e. The van der Waals surface area contributed by atoms with E-state index in [0.29, 0.717) is 10.5 Å². The highest BCUT2D eigenvalue weighted by Crippen LogP contribution is 2.20. The minimum atomic E-state index is -0.603. The number of aryl methyl sites for hydroxylation is 1. The van der Waals surface area contributed by atoms with Gasteiger partial charge in [0, 0.05) is 0 Å². The number of rotatable bonds is 3. The molecule has 0 amide bonds. The van der Waals surface area contributed by atoms with Crippen molar-refractivity contribution in [3.63, 3.8) is 0 Å². The van der Waals surface area contributed by atoms with Gasteiger partial charge in [-0.25, -0.2) is 0 Å². The van der Waals surface area contributed by atoms with Gasteiger partial charge < -0.3 is 15.3 Å². The summed E-state index contributed by atoms with van der Waals surface area (Å²) in [6.45, 7) is 1.90. The third-order valence-electron chi connectivity index (χ3n) is 4.29. The Morgan fingerprint density at radius 1 is 1.29 bits per heavy atom. The molecule has 1 saturated carbocycles.